The smallest absolute Gasteiger partial charge is 0.255 e. The predicted octanol–water partition coefficient (Wildman–Crippen LogP) is 7.70. The molecule has 4 rings (SSSR count). The zero-order valence-electron chi connectivity index (χ0n) is 22.0. The van der Waals surface area contributed by atoms with Crippen molar-refractivity contribution >= 4 is 56.5 Å². The van der Waals surface area contributed by atoms with Crippen molar-refractivity contribution in [2.24, 2.45) is 0 Å². The van der Waals surface area contributed by atoms with E-state index in [1.54, 1.807) is 0 Å². The quantitative estimate of drug-likeness (QED) is 0.229. The number of aromatic nitrogens is 1. The monoisotopic (exact) mass is 531 g/mol. The molecule has 4 aromatic rings. The molecular weight excluding hydrogens is 498 g/mol. The van der Waals surface area contributed by atoms with E-state index in [0.29, 0.717) is 5.56 Å². The second kappa shape index (κ2) is 11.5. The van der Waals surface area contributed by atoms with Crippen molar-refractivity contribution in [3.63, 3.8) is 0 Å². The fourth-order valence-corrected chi connectivity index (χ4v) is 5.98. The van der Waals surface area contributed by atoms with Crippen LogP contribution in [0.25, 0.3) is 10.2 Å². The van der Waals surface area contributed by atoms with Crippen LogP contribution in [0.5, 0.6) is 0 Å². The van der Waals surface area contributed by atoms with E-state index in [1.807, 2.05) is 48.5 Å². The van der Waals surface area contributed by atoms with Crippen molar-refractivity contribution < 1.29 is 9.59 Å². The number of para-hydroxylation sites is 1. The van der Waals surface area contributed by atoms with Crippen LogP contribution in [-0.2, 0) is 23.1 Å². The minimum atomic E-state index is -0.144. The SMILES string of the molecule is CCc1cccc(CC)c1NC(=O)CSc1nc2ccc(NC(=O)c3ccc(C(C)(C)C)cc3)cc2s1. The number of amides is 2. The molecule has 1 aromatic heterocycles. The number of anilines is 2. The Morgan fingerprint density at radius 3 is 2.22 bits per heavy atom. The second-order valence-corrected chi connectivity index (χ2v) is 12.2. The molecule has 5 nitrogen and oxygen atoms in total. The lowest BCUT2D eigenvalue weighted by Gasteiger charge is -2.19. The number of thioether (sulfide) groups is 1. The van der Waals surface area contributed by atoms with Gasteiger partial charge in [-0.15, -0.1) is 11.3 Å². The first-order valence-corrected chi connectivity index (χ1v) is 14.3. The lowest BCUT2D eigenvalue weighted by molar-refractivity contribution is -0.113. The minimum Gasteiger partial charge on any atom is -0.325 e. The molecule has 0 radical (unpaired) electrons. The van der Waals surface area contributed by atoms with Crippen LogP contribution in [0.1, 0.15) is 61.7 Å². The number of fused-ring (bicyclic) bond motifs is 1. The Hall–Kier alpha value is -3.16. The molecule has 0 bridgehead atoms. The molecule has 0 spiro atoms. The first-order valence-electron chi connectivity index (χ1n) is 12.5. The Labute approximate surface area is 227 Å². The second-order valence-electron chi connectivity index (χ2n) is 9.94. The van der Waals surface area contributed by atoms with Gasteiger partial charge in [0.1, 0.15) is 0 Å². The molecule has 1 heterocycles. The van der Waals surface area contributed by atoms with E-state index >= 15 is 0 Å². The average Bonchev–Trinajstić information content (AvgIpc) is 3.29. The Kier molecular flexibility index (Phi) is 8.35. The van der Waals surface area contributed by atoms with Gasteiger partial charge in [0, 0.05) is 16.9 Å². The first-order chi connectivity index (χ1) is 17.7. The molecule has 3 aromatic carbocycles. The zero-order chi connectivity index (χ0) is 26.6. The van der Waals surface area contributed by atoms with Gasteiger partial charge in [-0.1, -0.05) is 76.7 Å². The minimum absolute atomic E-state index is 0.0368. The Morgan fingerprint density at radius 1 is 0.919 bits per heavy atom. The molecule has 7 heteroatoms. The van der Waals surface area contributed by atoms with Crippen molar-refractivity contribution in [1.29, 1.82) is 0 Å². The van der Waals surface area contributed by atoms with Gasteiger partial charge in [-0.05, 0) is 65.3 Å². The molecule has 0 atom stereocenters. The van der Waals surface area contributed by atoms with E-state index in [4.69, 9.17) is 0 Å². The maximum atomic E-state index is 12.8. The lowest BCUT2D eigenvalue weighted by Crippen LogP contribution is -2.16. The van der Waals surface area contributed by atoms with Crippen LogP contribution < -0.4 is 10.6 Å². The number of nitrogens with zero attached hydrogens (tertiary/aromatic N) is 1. The van der Waals surface area contributed by atoms with Crippen LogP contribution in [0, 0.1) is 0 Å². The Balaban J connectivity index is 1.39. The third kappa shape index (κ3) is 6.59. The number of hydrogen-bond acceptors (Lipinski definition) is 5. The van der Waals surface area contributed by atoms with Crippen molar-refractivity contribution in [1.82, 2.24) is 4.98 Å². The third-order valence-corrected chi connectivity index (χ3v) is 8.39. The summed E-state index contributed by atoms with van der Waals surface area (Å²) in [4.78, 5) is 30.1. The van der Waals surface area contributed by atoms with E-state index < -0.39 is 0 Å². The van der Waals surface area contributed by atoms with Gasteiger partial charge in [-0.2, -0.15) is 0 Å². The highest BCUT2D eigenvalue weighted by atomic mass is 32.2. The van der Waals surface area contributed by atoms with E-state index in [0.717, 1.165) is 49.9 Å². The van der Waals surface area contributed by atoms with Crippen LogP contribution in [-0.4, -0.2) is 22.6 Å². The fourth-order valence-electron chi connectivity index (χ4n) is 4.07. The molecule has 2 amide bonds. The standard InChI is InChI=1S/C30H33N3O2S2/c1-6-19-9-8-10-20(7-2)27(19)33-26(34)18-36-29-32-24-16-15-23(17-25(24)37-29)31-28(35)21-11-13-22(14-12-21)30(3,4)5/h8-17H,6-7,18H2,1-5H3,(H,31,35)(H,33,34). The molecule has 0 unspecified atom stereocenters. The van der Waals surface area contributed by atoms with E-state index in [-0.39, 0.29) is 23.0 Å². The largest absolute Gasteiger partial charge is 0.325 e. The molecule has 0 saturated heterocycles. The van der Waals surface area contributed by atoms with Gasteiger partial charge in [0.25, 0.3) is 5.91 Å². The topological polar surface area (TPSA) is 71.1 Å². The number of benzene rings is 3. The summed E-state index contributed by atoms with van der Waals surface area (Å²) in [6, 6.07) is 19.6. The highest BCUT2D eigenvalue weighted by molar-refractivity contribution is 8.01. The van der Waals surface area contributed by atoms with Crippen molar-refractivity contribution in [3.8, 4) is 0 Å². The van der Waals surface area contributed by atoms with Gasteiger partial charge < -0.3 is 10.6 Å². The summed E-state index contributed by atoms with van der Waals surface area (Å²) in [7, 11) is 0. The van der Waals surface area contributed by atoms with Gasteiger partial charge in [-0.3, -0.25) is 9.59 Å². The number of aryl methyl sites for hydroxylation is 2. The van der Waals surface area contributed by atoms with Gasteiger partial charge in [0.2, 0.25) is 5.91 Å². The summed E-state index contributed by atoms with van der Waals surface area (Å²) in [5, 5.41) is 6.10. The summed E-state index contributed by atoms with van der Waals surface area (Å²) < 4.78 is 1.79. The zero-order valence-corrected chi connectivity index (χ0v) is 23.6. The third-order valence-electron chi connectivity index (χ3n) is 6.23. The molecule has 0 aliphatic carbocycles. The van der Waals surface area contributed by atoms with Crippen molar-refractivity contribution in [2.45, 2.75) is 57.2 Å². The normalized spacial score (nSPS) is 11.5. The van der Waals surface area contributed by atoms with E-state index in [2.05, 4.69) is 62.4 Å². The van der Waals surface area contributed by atoms with E-state index in [9.17, 15) is 9.59 Å². The average molecular weight is 532 g/mol. The van der Waals surface area contributed by atoms with Crippen molar-refractivity contribution in [3.05, 3.63) is 82.9 Å². The molecule has 37 heavy (non-hydrogen) atoms. The summed E-state index contributed by atoms with van der Waals surface area (Å²) in [6.07, 6.45) is 1.74. The Bertz CT molecular complexity index is 1400. The maximum Gasteiger partial charge on any atom is 0.255 e. The van der Waals surface area contributed by atoms with Crippen LogP contribution in [0.15, 0.2) is 65.0 Å². The Morgan fingerprint density at radius 2 is 1.59 bits per heavy atom. The summed E-state index contributed by atoms with van der Waals surface area (Å²) >= 11 is 2.95. The number of hydrogen-bond donors (Lipinski definition) is 2. The molecular formula is C30H33N3O2S2. The summed E-state index contributed by atoms with van der Waals surface area (Å²) in [5.41, 5.74) is 6.67. The fraction of sp³-hybridized carbons (Fsp3) is 0.300. The van der Waals surface area contributed by atoms with Crippen LogP contribution in [0.3, 0.4) is 0 Å². The van der Waals surface area contributed by atoms with Gasteiger partial charge in [-0.25, -0.2) is 4.98 Å². The number of carbonyl (C=O) groups excluding carboxylic acids is 2. The predicted molar refractivity (Wildman–Crippen MR) is 157 cm³/mol. The summed E-state index contributed by atoms with van der Waals surface area (Å²) in [5.74, 6) is 0.106. The summed E-state index contributed by atoms with van der Waals surface area (Å²) in [6.45, 7) is 10.6. The first kappa shape index (κ1) is 26.9. The molecule has 0 aliphatic heterocycles. The van der Waals surface area contributed by atoms with Crippen LogP contribution in [0.4, 0.5) is 11.4 Å². The molecule has 192 valence electrons. The number of thiazole rings is 1. The lowest BCUT2D eigenvalue weighted by atomic mass is 9.87. The van der Waals surface area contributed by atoms with E-state index in [1.165, 1.54) is 28.7 Å². The number of carbonyl (C=O) groups is 2. The van der Waals surface area contributed by atoms with Crippen LogP contribution >= 0.6 is 23.1 Å². The van der Waals surface area contributed by atoms with Crippen LogP contribution in [0.2, 0.25) is 0 Å². The van der Waals surface area contributed by atoms with Gasteiger partial charge in [0.05, 0.1) is 16.0 Å². The molecule has 0 aliphatic rings. The maximum absolute atomic E-state index is 12.8. The molecule has 0 fully saturated rings. The van der Waals surface area contributed by atoms with Gasteiger partial charge >= 0.3 is 0 Å². The molecule has 2 N–H and O–H groups in total. The van der Waals surface area contributed by atoms with Crippen molar-refractivity contribution in [2.75, 3.05) is 16.4 Å². The highest BCUT2D eigenvalue weighted by Gasteiger charge is 2.15. The number of rotatable bonds is 8. The molecule has 0 saturated carbocycles. The highest BCUT2D eigenvalue weighted by Crippen LogP contribution is 2.32. The number of nitrogens with one attached hydrogen (secondary N) is 2. The van der Waals surface area contributed by atoms with Gasteiger partial charge in [0.15, 0.2) is 4.34 Å².